The standard InChI is InChI=1S/C13H21ClN2O/c1-4-10(5-2)12(14)9-16-11-6-7-15-13(8-11)17-3/h6-8,10,12H,4-5,9H2,1-3H3,(H,15,16). The van der Waals surface area contributed by atoms with Gasteiger partial charge < -0.3 is 10.1 Å². The quantitative estimate of drug-likeness (QED) is 0.758. The molecule has 0 aliphatic heterocycles. The molecule has 17 heavy (non-hydrogen) atoms. The highest BCUT2D eigenvalue weighted by molar-refractivity contribution is 6.21. The topological polar surface area (TPSA) is 34.2 Å². The maximum atomic E-state index is 6.36. The molecule has 0 spiro atoms. The van der Waals surface area contributed by atoms with Crippen LogP contribution in [0.15, 0.2) is 18.3 Å². The molecule has 1 aromatic heterocycles. The molecular weight excluding hydrogens is 236 g/mol. The van der Waals surface area contributed by atoms with Crippen molar-refractivity contribution in [1.29, 1.82) is 0 Å². The van der Waals surface area contributed by atoms with Crippen LogP contribution < -0.4 is 10.1 Å². The fraction of sp³-hybridized carbons (Fsp3) is 0.615. The molecule has 0 fully saturated rings. The van der Waals surface area contributed by atoms with Crippen molar-refractivity contribution in [2.24, 2.45) is 5.92 Å². The van der Waals surface area contributed by atoms with Gasteiger partial charge in [0.1, 0.15) is 0 Å². The Labute approximate surface area is 109 Å². The van der Waals surface area contributed by atoms with E-state index >= 15 is 0 Å². The number of ether oxygens (including phenoxy) is 1. The molecule has 0 saturated heterocycles. The van der Waals surface area contributed by atoms with Crippen LogP contribution in [-0.4, -0.2) is 24.0 Å². The molecular formula is C13H21ClN2O. The first-order valence-electron chi connectivity index (χ1n) is 6.09. The summed E-state index contributed by atoms with van der Waals surface area (Å²) in [7, 11) is 1.61. The van der Waals surface area contributed by atoms with E-state index in [4.69, 9.17) is 16.3 Å². The highest BCUT2D eigenvalue weighted by Crippen LogP contribution is 2.20. The van der Waals surface area contributed by atoms with Crippen molar-refractivity contribution in [3.05, 3.63) is 18.3 Å². The van der Waals surface area contributed by atoms with Gasteiger partial charge in [0, 0.05) is 24.5 Å². The van der Waals surface area contributed by atoms with Crippen molar-refractivity contribution < 1.29 is 4.74 Å². The second kappa shape index (κ2) is 7.38. The Bertz CT molecular complexity index is 329. The van der Waals surface area contributed by atoms with Gasteiger partial charge in [-0.05, 0) is 12.0 Å². The average Bonchev–Trinajstić information content (AvgIpc) is 2.38. The molecule has 0 bridgehead atoms. The van der Waals surface area contributed by atoms with Gasteiger partial charge in [0.2, 0.25) is 5.88 Å². The Kier molecular flexibility index (Phi) is 6.12. The Morgan fingerprint density at radius 2 is 2.12 bits per heavy atom. The van der Waals surface area contributed by atoms with Crippen molar-refractivity contribution in [2.75, 3.05) is 19.0 Å². The van der Waals surface area contributed by atoms with Crippen LogP contribution >= 0.6 is 11.6 Å². The number of anilines is 1. The summed E-state index contributed by atoms with van der Waals surface area (Å²) in [6.45, 7) is 5.12. The lowest BCUT2D eigenvalue weighted by Gasteiger charge is -2.20. The zero-order valence-corrected chi connectivity index (χ0v) is 11.5. The zero-order valence-electron chi connectivity index (χ0n) is 10.7. The fourth-order valence-corrected chi connectivity index (χ4v) is 2.25. The third kappa shape index (κ3) is 4.43. The number of aromatic nitrogens is 1. The number of nitrogens with zero attached hydrogens (tertiary/aromatic N) is 1. The SMILES string of the molecule is CCC(CC)C(Cl)CNc1ccnc(OC)c1. The summed E-state index contributed by atoms with van der Waals surface area (Å²) in [5.74, 6) is 1.18. The predicted octanol–water partition coefficient (Wildman–Crippen LogP) is 3.55. The zero-order chi connectivity index (χ0) is 12.7. The smallest absolute Gasteiger partial charge is 0.214 e. The molecule has 0 aliphatic rings. The third-order valence-electron chi connectivity index (χ3n) is 3.01. The van der Waals surface area contributed by atoms with Gasteiger partial charge >= 0.3 is 0 Å². The maximum absolute atomic E-state index is 6.36. The first kappa shape index (κ1) is 14.1. The molecule has 96 valence electrons. The van der Waals surface area contributed by atoms with Gasteiger partial charge in [0.15, 0.2) is 0 Å². The number of rotatable bonds is 7. The number of pyridine rings is 1. The highest BCUT2D eigenvalue weighted by Gasteiger charge is 2.15. The Hall–Kier alpha value is -0.960. The van der Waals surface area contributed by atoms with Crippen LogP contribution in [0.2, 0.25) is 0 Å². The number of nitrogens with one attached hydrogen (secondary N) is 1. The average molecular weight is 257 g/mol. The van der Waals surface area contributed by atoms with Crippen molar-refractivity contribution >= 4 is 17.3 Å². The van der Waals surface area contributed by atoms with Gasteiger partial charge in [0.25, 0.3) is 0 Å². The molecule has 0 aliphatic carbocycles. The lowest BCUT2D eigenvalue weighted by Crippen LogP contribution is -2.22. The summed E-state index contributed by atoms with van der Waals surface area (Å²) in [6.07, 6.45) is 3.96. The number of halogens is 1. The lowest BCUT2D eigenvalue weighted by molar-refractivity contribution is 0.398. The minimum atomic E-state index is 0.157. The Morgan fingerprint density at radius 3 is 2.71 bits per heavy atom. The predicted molar refractivity (Wildman–Crippen MR) is 73.0 cm³/mol. The third-order valence-corrected chi connectivity index (χ3v) is 3.52. The summed E-state index contributed by atoms with van der Waals surface area (Å²) in [5, 5.41) is 3.47. The van der Waals surface area contributed by atoms with E-state index in [9.17, 15) is 0 Å². The number of alkyl halides is 1. The molecule has 1 unspecified atom stereocenters. The van der Waals surface area contributed by atoms with E-state index in [1.54, 1.807) is 13.3 Å². The summed E-state index contributed by atoms with van der Waals surface area (Å²) in [6, 6.07) is 3.79. The molecule has 0 aromatic carbocycles. The fourth-order valence-electron chi connectivity index (χ4n) is 1.81. The lowest BCUT2D eigenvalue weighted by atomic mass is 9.99. The minimum Gasteiger partial charge on any atom is -0.481 e. The Morgan fingerprint density at radius 1 is 1.41 bits per heavy atom. The number of methoxy groups -OCH3 is 1. The Balaban J connectivity index is 2.49. The van der Waals surface area contributed by atoms with Crippen molar-refractivity contribution in [1.82, 2.24) is 4.98 Å². The molecule has 1 rings (SSSR count). The van der Waals surface area contributed by atoms with Crippen LogP contribution in [0.5, 0.6) is 5.88 Å². The van der Waals surface area contributed by atoms with E-state index < -0.39 is 0 Å². The van der Waals surface area contributed by atoms with Gasteiger partial charge in [0.05, 0.1) is 12.5 Å². The van der Waals surface area contributed by atoms with E-state index in [-0.39, 0.29) is 5.38 Å². The van der Waals surface area contributed by atoms with Crippen molar-refractivity contribution in [2.45, 2.75) is 32.1 Å². The molecule has 4 heteroatoms. The van der Waals surface area contributed by atoms with Crippen LogP contribution in [0, 0.1) is 5.92 Å². The largest absolute Gasteiger partial charge is 0.481 e. The van der Waals surface area contributed by atoms with Gasteiger partial charge in [-0.1, -0.05) is 26.7 Å². The summed E-state index contributed by atoms with van der Waals surface area (Å²) < 4.78 is 5.07. The molecule has 3 nitrogen and oxygen atoms in total. The molecule has 1 aromatic rings. The molecule has 0 saturated carbocycles. The van der Waals surface area contributed by atoms with E-state index in [1.807, 2.05) is 12.1 Å². The van der Waals surface area contributed by atoms with Crippen molar-refractivity contribution in [3.63, 3.8) is 0 Å². The van der Waals surface area contributed by atoms with E-state index in [0.717, 1.165) is 25.1 Å². The van der Waals surface area contributed by atoms with Gasteiger partial charge in [-0.25, -0.2) is 4.98 Å². The monoisotopic (exact) mass is 256 g/mol. The minimum absolute atomic E-state index is 0.157. The molecule has 0 amide bonds. The number of hydrogen-bond acceptors (Lipinski definition) is 3. The van der Waals surface area contributed by atoms with Gasteiger partial charge in [-0.15, -0.1) is 11.6 Å². The molecule has 1 heterocycles. The second-order valence-corrected chi connectivity index (χ2v) is 4.62. The second-order valence-electron chi connectivity index (χ2n) is 4.06. The van der Waals surface area contributed by atoms with Gasteiger partial charge in [-0.3, -0.25) is 0 Å². The normalized spacial score (nSPS) is 12.5. The number of hydrogen-bond donors (Lipinski definition) is 1. The van der Waals surface area contributed by atoms with Crippen LogP contribution in [0.4, 0.5) is 5.69 Å². The van der Waals surface area contributed by atoms with Gasteiger partial charge in [-0.2, -0.15) is 0 Å². The van der Waals surface area contributed by atoms with Crippen LogP contribution in [0.1, 0.15) is 26.7 Å². The highest BCUT2D eigenvalue weighted by atomic mass is 35.5. The summed E-state index contributed by atoms with van der Waals surface area (Å²) in [5.41, 5.74) is 0.994. The molecule has 0 radical (unpaired) electrons. The molecule has 1 N–H and O–H groups in total. The van der Waals surface area contributed by atoms with Crippen LogP contribution in [0.25, 0.3) is 0 Å². The van der Waals surface area contributed by atoms with E-state index in [0.29, 0.717) is 11.8 Å². The summed E-state index contributed by atoms with van der Waals surface area (Å²) >= 11 is 6.36. The van der Waals surface area contributed by atoms with E-state index in [2.05, 4.69) is 24.1 Å². The van der Waals surface area contributed by atoms with E-state index in [1.165, 1.54) is 0 Å². The van der Waals surface area contributed by atoms with Crippen LogP contribution in [0.3, 0.4) is 0 Å². The first-order chi connectivity index (χ1) is 8.21. The summed E-state index contributed by atoms with van der Waals surface area (Å²) in [4.78, 5) is 4.06. The van der Waals surface area contributed by atoms with Crippen LogP contribution in [-0.2, 0) is 0 Å². The first-order valence-corrected chi connectivity index (χ1v) is 6.52. The van der Waals surface area contributed by atoms with Crippen molar-refractivity contribution in [3.8, 4) is 5.88 Å². The maximum Gasteiger partial charge on any atom is 0.214 e. The molecule has 1 atom stereocenters.